The van der Waals surface area contributed by atoms with E-state index < -0.39 is 5.82 Å². The molecule has 0 bridgehead atoms. The fourth-order valence-corrected chi connectivity index (χ4v) is 3.66. The van der Waals surface area contributed by atoms with Crippen LogP contribution in [0.2, 0.25) is 15.1 Å². The summed E-state index contributed by atoms with van der Waals surface area (Å²) in [4.78, 5) is 8.89. The average Bonchev–Trinajstić information content (AvgIpc) is 2.73. The molecule has 0 N–H and O–H groups in total. The maximum absolute atomic E-state index is 13.7. The third-order valence-corrected chi connectivity index (χ3v) is 5.01. The molecule has 4 nitrogen and oxygen atoms in total. The minimum absolute atomic E-state index is 0.0650. The predicted octanol–water partition coefficient (Wildman–Crippen LogP) is 7.71. The van der Waals surface area contributed by atoms with Gasteiger partial charge >= 0.3 is 6.01 Å². The Balaban J connectivity index is 1.99. The first-order valence-corrected chi connectivity index (χ1v) is 10.2. The Morgan fingerprint density at radius 3 is 2.13 bits per heavy atom. The van der Waals surface area contributed by atoms with Gasteiger partial charge in [0.05, 0.1) is 18.4 Å². The van der Waals surface area contributed by atoms with Gasteiger partial charge in [0.15, 0.2) is 0 Å². The van der Waals surface area contributed by atoms with E-state index in [9.17, 15) is 4.39 Å². The van der Waals surface area contributed by atoms with Gasteiger partial charge in [-0.05, 0) is 48.0 Å². The highest BCUT2D eigenvalue weighted by molar-refractivity contribution is 6.35. The van der Waals surface area contributed by atoms with Crippen molar-refractivity contribution in [1.29, 1.82) is 0 Å². The van der Waals surface area contributed by atoms with Crippen LogP contribution >= 0.6 is 34.8 Å². The van der Waals surface area contributed by atoms with Crippen LogP contribution in [-0.2, 0) is 0 Å². The number of nitrogens with zero attached hydrogens (tertiary/aromatic N) is 2. The highest BCUT2D eigenvalue weighted by Gasteiger charge is 2.21. The molecule has 0 atom stereocenters. The molecule has 4 aromatic rings. The van der Waals surface area contributed by atoms with Crippen LogP contribution in [0, 0.1) is 5.82 Å². The van der Waals surface area contributed by atoms with E-state index in [0.717, 1.165) is 5.56 Å². The molecule has 156 valence electrons. The molecule has 0 unspecified atom stereocenters. The number of hydrogen-bond donors (Lipinski definition) is 0. The van der Waals surface area contributed by atoms with E-state index in [1.807, 2.05) is 12.1 Å². The number of ether oxygens (including phenoxy) is 2. The summed E-state index contributed by atoms with van der Waals surface area (Å²) in [6.07, 6.45) is 0. The van der Waals surface area contributed by atoms with Crippen molar-refractivity contribution in [2.24, 2.45) is 0 Å². The number of benzene rings is 3. The first-order chi connectivity index (χ1) is 14.9. The number of rotatable bonds is 5. The van der Waals surface area contributed by atoms with Crippen LogP contribution in [0.5, 0.6) is 17.6 Å². The summed E-state index contributed by atoms with van der Waals surface area (Å²) in [5.41, 5.74) is 2.38. The Bertz CT molecular complexity index is 1230. The zero-order chi connectivity index (χ0) is 22.0. The summed E-state index contributed by atoms with van der Waals surface area (Å²) >= 11 is 18.5. The maximum atomic E-state index is 13.7. The van der Waals surface area contributed by atoms with Gasteiger partial charge in [0.25, 0.3) is 0 Å². The predicted molar refractivity (Wildman–Crippen MR) is 121 cm³/mol. The molecular formula is C23H14Cl3FN2O2. The summed E-state index contributed by atoms with van der Waals surface area (Å²) in [7, 11) is 1.44. The van der Waals surface area contributed by atoms with Crippen molar-refractivity contribution in [2.75, 3.05) is 7.11 Å². The van der Waals surface area contributed by atoms with Gasteiger partial charge in [-0.25, -0.2) is 4.39 Å². The summed E-state index contributed by atoms with van der Waals surface area (Å²) < 4.78 is 25.0. The number of aromatic nitrogens is 2. The Kier molecular flexibility index (Phi) is 6.28. The molecule has 8 heteroatoms. The summed E-state index contributed by atoms with van der Waals surface area (Å²) in [5.74, 6) is 0.00493. The summed E-state index contributed by atoms with van der Waals surface area (Å²) in [6, 6.07) is 18.0. The van der Waals surface area contributed by atoms with Gasteiger partial charge in [0.2, 0.25) is 5.88 Å². The normalized spacial score (nSPS) is 10.7. The van der Waals surface area contributed by atoms with Crippen molar-refractivity contribution in [3.63, 3.8) is 0 Å². The third kappa shape index (κ3) is 4.90. The summed E-state index contributed by atoms with van der Waals surface area (Å²) in [5, 5.41) is 1.45. The molecule has 4 rings (SSSR count). The number of hydrogen-bond acceptors (Lipinski definition) is 4. The molecule has 0 aliphatic heterocycles. The molecule has 0 fully saturated rings. The minimum atomic E-state index is -0.437. The molecule has 0 amide bonds. The molecule has 1 heterocycles. The van der Waals surface area contributed by atoms with Crippen LogP contribution in [0.4, 0.5) is 4.39 Å². The highest BCUT2D eigenvalue weighted by Crippen LogP contribution is 2.41. The van der Waals surface area contributed by atoms with E-state index in [4.69, 9.17) is 44.3 Å². The van der Waals surface area contributed by atoms with Gasteiger partial charge in [-0.15, -0.1) is 0 Å². The lowest BCUT2D eigenvalue weighted by molar-refractivity contribution is 0.367. The second kappa shape index (κ2) is 9.10. The van der Waals surface area contributed by atoms with Gasteiger partial charge in [0.1, 0.15) is 11.6 Å². The van der Waals surface area contributed by atoms with E-state index in [2.05, 4.69) is 9.97 Å². The van der Waals surface area contributed by atoms with Gasteiger partial charge in [0, 0.05) is 26.7 Å². The fraction of sp³-hybridized carbons (Fsp3) is 0.0435. The lowest BCUT2D eigenvalue weighted by Crippen LogP contribution is -2.01. The molecular weight excluding hydrogens is 462 g/mol. The molecule has 0 aliphatic carbocycles. The van der Waals surface area contributed by atoms with Crippen molar-refractivity contribution in [1.82, 2.24) is 9.97 Å². The van der Waals surface area contributed by atoms with Crippen molar-refractivity contribution in [2.45, 2.75) is 0 Å². The first-order valence-electron chi connectivity index (χ1n) is 9.05. The highest BCUT2D eigenvalue weighted by atomic mass is 35.5. The summed E-state index contributed by atoms with van der Waals surface area (Å²) in [6.45, 7) is 0. The van der Waals surface area contributed by atoms with Crippen molar-refractivity contribution < 1.29 is 13.9 Å². The second-order valence-corrected chi connectivity index (χ2v) is 7.77. The van der Waals surface area contributed by atoms with Crippen LogP contribution in [0.3, 0.4) is 0 Å². The second-order valence-electron chi connectivity index (χ2n) is 6.46. The van der Waals surface area contributed by atoms with Gasteiger partial charge in [-0.1, -0.05) is 53.0 Å². The monoisotopic (exact) mass is 474 g/mol. The number of methoxy groups -OCH3 is 1. The van der Waals surface area contributed by atoms with Crippen LogP contribution in [0.15, 0.2) is 66.7 Å². The SMILES string of the molecule is COc1nc(Oc2cccc(F)c2)c(-c2ccc(Cl)cc2)c(-c2cc(Cl)cc(Cl)c2)n1. The minimum Gasteiger partial charge on any atom is -0.467 e. The molecule has 0 saturated carbocycles. The van der Waals surface area contributed by atoms with E-state index >= 15 is 0 Å². The van der Waals surface area contributed by atoms with Crippen molar-refractivity contribution in [3.8, 4) is 40.0 Å². The number of halogens is 4. The Morgan fingerprint density at radius 1 is 0.774 bits per heavy atom. The Morgan fingerprint density at radius 2 is 1.48 bits per heavy atom. The van der Waals surface area contributed by atoms with E-state index in [-0.39, 0.29) is 17.6 Å². The smallest absolute Gasteiger partial charge is 0.320 e. The molecule has 31 heavy (non-hydrogen) atoms. The standard InChI is InChI=1S/C23H14Cl3FN2O2/c1-30-23-28-21(14-9-16(25)11-17(26)10-14)20(13-5-7-15(24)8-6-13)22(29-23)31-19-4-2-3-18(27)12-19/h2-12H,1H3. The molecule has 0 aliphatic rings. The van der Waals surface area contributed by atoms with Gasteiger partial charge in [-0.2, -0.15) is 9.97 Å². The van der Waals surface area contributed by atoms with E-state index in [0.29, 0.717) is 31.9 Å². The maximum Gasteiger partial charge on any atom is 0.320 e. The molecule has 0 radical (unpaired) electrons. The lowest BCUT2D eigenvalue weighted by Gasteiger charge is -2.16. The van der Waals surface area contributed by atoms with E-state index in [1.165, 1.54) is 19.2 Å². The quantitative estimate of drug-likeness (QED) is 0.296. The molecule has 0 saturated heterocycles. The van der Waals surface area contributed by atoms with Crippen molar-refractivity contribution >= 4 is 34.8 Å². The molecule has 1 aromatic heterocycles. The molecule has 0 spiro atoms. The van der Waals surface area contributed by atoms with Crippen molar-refractivity contribution in [3.05, 3.63) is 87.6 Å². The van der Waals surface area contributed by atoms with Crippen LogP contribution in [0.25, 0.3) is 22.4 Å². The Hall–Kier alpha value is -2.86. The third-order valence-electron chi connectivity index (χ3n) is 4.32. The lowest BCUT2D eigenvalue weighted by atomic mass is 10.00. The van der Waals surface area contributed by atoms with E-state index in [1.54, 1.807) is 42.5 Å². The molecule has 3 aromatic carbocycles. The topological polar surface area (TPSA) is 44.2 Å². The first kappa shape index (κ1) is 21.4. The van der Waals surface area contributed by atoms with Gasteiger partial charge in [-0.3, -0.25) is 0 Å². The fourth-order valence-electron chi connectivity index (χ4n) is 3.00. The van der Waals surface area contributed by atoms with Gasteiger partial charge < -0.3 is 9.47 Å². The van der Waals surface area contributed by atoms with Crippen LogP contribution < -0.4 is 9.47 Å². The average molecular weight is 476 g/mol. The zero-order valence-electron chi connectivity index (χ0n) is 16.1. The largest absolute Gasteiger partial charge is 0.467 e. The zero-order valence-corrected chi connectivity index (χ0v) is 18.3. The Labute approximate surface area is 193 Å². The van der Waals surface area contributed by atoms with Crippen LogP contribution in [0.1, 0.15) is 0 Å². The van der Waals surface area contributed by atoms with Crippen LogP contribution in [-0.4, -0.2) is 17.1 Å².